The zero-order valence-corrected chi connectivity index (χ0v) is 11.9. The molecule has 5 nitrogen and oxygen atoms in total. The molecular formula is C15H17N5. The molecule has 5 heteroatoms. The first-order chi connectivity index (χ1) is 9.54. The van der Waals surface area contributed by atoms with E-state index < -0.39 is 0 Å². The standard InChI is InChI=1S/C15H17N5/c1-15(2,3)14-16-9-12-13(17-14)20(19-18-12)10-11-7-5-4-6-8-11/h4-9H,10H2,1-3H3. The van der Waals surface area contributed by atoms with Crippen molar-refractivity contribution in [1.29, 1.82) is 0 Å². The molecular weight excluding hydrogens is 250 g/mol. The van der Waals surface area contributed by atoms with Crippen molar-refractivity contribution < 1.29 is 0 Å². The molecule has 0 spiro atoms. The van der Waals surface area contributed by atoms with E-state index >= 15 is 0 Å². The number of benzene rings is 1. The molecule has 0 amide bonds. The molecule has 20 heavy (non-hydrogen) atoms. The molecule has 2 aromatic heterocycles. The van der Waals surface area contributed by atoms with Gasteiger partial charge >= 0.3 is 0 Å². The summed E-state index contributed by atoms with van der Waals surface area (Å²) < 4.78 is 1.82. The Labute approximate surface area is 117 Å². The Morgan fingerprint density at radius 3 is 2.55 bits per heavy atom. The van der Waals surface area contributed by atoms with Crippen LogP contribution in [0.5, 0.6) is 0 Å². The molecule has 1 aromatic carbocycles. The second-order valence-corrected chi connectivity index (χ2v) is 5.89. The largest absolute Gasteiger partial charge is 0.238 e. The predicted octanol–water partition coefficient (Wildman–Crippen LogP) is 2.57. The summed E-state index contributed by atoms with van der Waals surface area (Å²) in [7, 11) is 0. The summed E-state index contributed by atoms with van der Waals surface area (Å²) in [6.07, 6.45) is 1.75. The highest BCUT2D eigenvalue weighted by Crippen LogP contribution is 2.19. The lowest BCUT2D eigenvalue weighted by Gasteiger charge is -2.15. The van der Waals surface area contributed by atoms with E-state index in [1.165, 1.54) is 5.56 Å². The fraction of sp³-hybridized carbons (Fsp3) is 0.333. The van der Waals surface area contributed by atoms with E-state index in [9.17, 15) is 0 Å². The number of fused-ring (bicyclic) bond motifs is 1. The minimum Gasteiger partial charge on any atom is -0.238 e. The number of rotatable bonds is 2. The molecule has 0 aliphatic rings. The molecule has 102 valence electrons. The summed E-state index contributed by atoms with van der Waals surface area (Å²) in [6, 6.07) is 10.2. The van der Waals surface area contributed by atoms with Crippen LogP contribution in [0.3, 0.4) is 0 Å². The normalized spacial score (nSPS) is 11.9. The lowest BCUT2D eigenvalue weighted by Crippen LogP contribution is -2.16. The van der Waals surface area contributed by atoms with Gasteiger partial charge in [0.05, 0.1) is 12.7 Å². The Bertz CT molecular complexity index is 725. The molecule has 0 unspecified atom stereocenters. The molecule has 2 heterocycles. The summed E-state index contributed by atoms with van der Waals surface area (Å²) in [4.78, 5) is 9.00. The van der Waals surface area contributed by atoms with Gasteiger partial charge in [0.2, 0.25) is 0 Å². The van der Waals surface area contributed by atoms with Gasteiger partial charge in [-0.05, 0) is 5.56 Å². The van der Waals surface area contributed by atoms with Gasteiger partial charge < -0.3 is 0 Å². The van der Waals surface area contributed by atoms with Crippen LogP contribution in [0.1, 0.15) is 32.2 Å². The van der Waals surface area contributed by atoms with Crippen molar-refractivity contribution >= 4 is 11.2 Å². The summed E-state index contributed by atoms with van der Waals surface area (Å²) in [5.41, 5.74) is 2.61. The van der Waals surface area contributed by atoms with Crippen molar-refractivity contribution in [3.63, 3.8) is 0 Å². The van der Waals surface area contributed by atoms with E-state index in [-0.39, 0.29) is 5.41 Å². The van der Waals surface area contributed by atoms with E-state index in [4.69, 9.17) is 0 Å². The third-order valence-electron chi connectivity index (χ3n) is 3.10. The van der Waals surface area contributed by atoms with E-state index in [1.54, 1.807) is 6.20 Å². The molecule has 0 bridgehead atoms. The van der Waals surface area contributed by atoms with Gasteiger partial charge in [-0.25, -0.2) is 14.6 Å². The third-order valence-corrected chi connectivity index (χ3v) is 3.10. The highest BCUT2D eigenvalue weighted by Gasteiger charge is 2.19. The maximum Gasteiger partial charge on any atom is 0.182 e. The van der Waals surface area contributed by atoms with Crippen LogP contribution >= 0.6 is 0 Å². The molecule has 0 radical (unpaired) electrons. The first-order valence-corrected chi connectivity index (χ1v) is 6.65. The van der Waals surface area contributed by atoms with Crippen LogP contribution in [0.25, 0.3) is 11.2 Å². The average Bonchev–Trinajstić information content (AvgIpc) is 2.82. The molecule has 0 fully saturated rings. The number of nitrogens with zero attached hydrogens (tertiary/aromatic N) is 5. The zero-order chi connectivity index (χ0) is 14.2. The van der Waals surface area contributed by atoms with Crippen molar-refractivity contribution in [2.24, 2.45) is 0 Å². The molecule has 3 rings (SSSR count). The molecule has 0 aliphatic carbocycles. The van der Waals surface area contributed by atoms with Crippen LogP contribution in [0.15, 0.2) is 36.5 Å². The molecule has 0 saturated carbocycles. The summed E-state index contributed by atoms with van der Waals surface area (Å²) in [6.45, 7) is 6.95. The van der Waals surface area contributed by atoms with Crippen LogP contribution in [-0.2, 0) is 12.0 Å². The van der Waals surface area contributed by atoms with Crippen LogP contribution in [0.4, 0.5) is 0 Å². The van der Waals surface area contributed by atoms with Gasteiger partial charge in [0.1, 0.15) is 5.82 Å². The topological polar surface area (TPSA) is 56.5 Å². The van der Waals surface area contributed by atoms with Crippen molar-refractivity contribution in [3.8, 4) is 0 Å². The first-order valence-electron chi connectivity index (χ1n) is 6.65. The third kappa shape index (κ3) is 2.39. The van der Waals surface area contributed by atoms with Crippen LogP contribution in [0.2, 0.25) is 0 Å². The van der Waals surface area contributed by atoms with Gasteiger partial charge in [-0.15, -0.1) is 5.10 Å². The Balaban J connectivity index is 2.03. The SMILES string of the molecule is CC(C)(C)c1ncc2nnn(Cc3ccccc3)c2n1. The van der Waals surface area contributed by atoms with Gasteiger partial charge in [-0.3, -0.25) is 0 Å². The van der Waals surface area contributed by atoms with E-state index in [1.807, 2.05) is 22.9 Å². The van der Waals surface area contributed by atoms with Gasteiger partial charge in [-0.1, -0.05) is 56.3 Å². The zero-order valence-electron chi connectivity index (χ0n) is 11.9. The smallest absolute Gasteiger partial charge is 0.182 e. The summed E-state index contributed by atoms with van der Waals surface area (Å²) in [5, 5.41) is 8.30. The predicted molar refractivity (Wildman–Crippen MR) is 77.4 cm³/mol. The number of hydrogen-bond acceptors (Lipinski definition) is 4. The number of hydrogen-bond donors (Lipinski definition) is 0. The first kappa shape index (κ1) is 12.7. The quantitative estimate of drug-likeness (QED) is 0.716. The molecule has 0 saturated heterocycles. The summed E-state index contributed by atoms with van der Waals surface area (Å²) in [5.74, 6) is 0.807. The second kappa shape index (κ2) is 4.67. The van der Waals surface area contributed by atoms with Crippen molar-refractivity contribution in [3.05, 3.63) is 47.9 Å². The van der Waals surface area contributed by atoms with Gasteiger partial charge in [-0.2, -0.15) is 0 Å². The Morgan fingerprint density at radius 2 is 1.85 bits per heavy atom. The average molecular weight is 267 g/mol. The van der Waals surface area contributed by atoms with Crippen LogP contribution < -0.4 is 0 Å². The fourth-order valence-electron chi connectivity index (χ4n) is 2.00. The van der Waals surface area contributed by atoms with Crippen LogP contribution in [-0.4, -0.2) is 25.0 Å². The molecule has 0 aliphatic heterocycles. The van der Waals surface area contributed by atoms with E-state index in [0.29, 0.717) is 6.54 Å². The highest BCUT2D eigenvalue weighted by molar-refractivity contribution is 5.68. The van der Waals surface area contributed by atoms with Crippen molar-refractivity contribution in [2.45, 2.75) is 32.7 Å². The van der Waals surface area contributed by atoms with Gasteiger partial charge in [0.15, 0.2) is 11.2 Å². The molecule has 3 aromatic rings. The summed E-state index contributed by atoms with van der Waals surface area (Å²) >= 11 is 0. The lowest BCUT2D eigenvalue weighted by molar-refractivity contribution is 0.545. The van der Waals surface area contributed by atoms with E-state index in [2.05, 4.69) is 53.2 Å². The minimum atomic E-state index is -0.0873. The fourth-order valence-corrected chi connectivity index (χ4v) is 2.00. The Hall–Kier alpha value is -2.30. The maximum atomic E-state index is 4.63. The van der Waals surface area contributed by atoms with Crippen molar-refractivity contribution in [2.75, 3.05) is 0 Å². The van der Waals surface area contributed by atoms with Crippen molar-refractivity contribution in [1.82, 2.24) is 25.0 Å². The van der Waals surface area contributed by atoms with Gasteiger partial charge in [0, 0.05) is 5.41 Å². The van der Waals surface area contributed by atoms with E-state index in [0.717, 1.165) is 17.0 Å². The maximum absolute atomic E-state index is 4.63. The minimum absolute atomic E-state index is 0.0873. The Morgan fingerprint density at radius 1 is 1.10 bits per heavy atom. The lowest BCUT2D eigenvalue weighted by atomic mass is 9.96. The molecule has 0 atom stereocenters. The van der Waals surface area contributed by atoms with Gasteiger partial charge in [0.25, 0.3) is 0 Å². The number of aromatic nitrogens is 5. The Kier molecular flexibility index (Phi) is 2.97. The molecule has 0 N–H and O–H groups in total. The van der Waals surface area contributed by atoms with Crippen LogP contribution in [0, 0.1) is 0 Å². The highest BCUT2D eigenvalue weighted by atomic mass is 15.4. The monoisotopic (exact) mass is 267 g/mol. The second-order valence-electron chi connectivity index (χ2n) is 5.89.